The van der Waals surface area contributed by atoms with Gasteiger partial charge in [-0.1, -0.05) is 11.3 Å². The molecular formula is C10H8BrN2O2S+. The van der Waals surface area contributed by atoms with E-state index in [1.807, 2.05) is 16.1 Å². The first-order valence-corrected chi connectivity index (χ1v) is 6.20. The van der Waals surface area contributed by atoms with Gasteiger partial charge in [0.05, 0.1) is 10.3 Å². The summed E-state index contributed by atoms with van der Waals surface area (Å²) in [5, 5.41) is 12.5. The first-order valence-electron chi connectivity index (χ1n) is 4.52. The average molecular weight is 300 g/mol. The van der Waals surface area contributed by atoms with Gasteiger partial charge in [0.2, 0.25) is 0 Å². The number of thiazole rings is 1. The Morgan fingerprint density at radius 2 is 2.06 bits per heavy atom. The molecule has 0 spiro atoms. The van der Waals surface area contributed by atoms with Gasteiger partial charge in [-0.2, -0.15) is 4.57 Å². The Morgan fingerprint density at radius 3 is 2.56 bits per heavy atom. The topological polar surface area (TPSA) is 47.0 Å². The molecule has 0 atom stereocenters. The van der Waals surface area contributed by atoms with Gasteiger partial charge >= 0.3 is 3.92 Å². The molecular weight excluding hydrogens is 292 g/mol. The van der Waals surface area contributed by atoms with Crippen molar-refractivity contribution in [2.75, 3.05) is 0 Å². The van der Waals surface area contributed by atoms with Gasteiger partial charge in [0.15, 0.2) is 12.7 Å². The second-order valence-electron chi connectivity index (χ2n) is 3.21. The van der Waals surface area contributed by atoms with E-state index in [9.17, 15) is 10.1 Å². The van der Waals surface area contributed by atoms with Crippen molar-refractivity contribution in [3.05, 3.63) is 55.4 Å². The summed E-state index contributed by atoms with van der Waals surface area (Å²) in [6, 6.07) is 6.59. The highest BCUT2D eigenvalue weighted by Gasteiger charge is 2.11. The second kappa shape index (κ2) is 4.71. The third kappa shape index (κ3) is 2.45. The summed E-state index contributed by atoms with van der Waals surface area (Å²) < 4.78 is 3.07. The van der Waals surface area contributed by atoms with Crippen molar-refractivity contribution in [3.63, 3.8) is 0 Å². The molecule has 82 valence electrons. The number of aromatic nitrogens is 1. The number of hydrogen-bond donors (Lipinski definition) is 0. The standard InChI is InChI=1S/C10H8BrN2O2S/c11-10-12(5-6-16-10)7-8-1-3-9(4-2-8)13(14)15/h1-6H,7H2/q+1. The van der Waals surface area contributed by atoms with Crippen LogP contribution in [0.25, 0.3) is 0 Å². The molecule has 0 saturated heterocycles. The van der Waals surface area contributed by atoms with E-state index in [-0.39, 0.29) is 5.69 Å². The maximum Gasteiger partial charge on any atom is 0.305 e. The highest BCUT2D eigenvalue weighted by atomic mass is 79.9. The summed E-state index contributed by atoms with van der Waals surface area (Å²) in [4.78, 5) is 10.1. The Balaban J connectivity index is 2.17. The summed E-state index contributed by atoms with van der Waals surface area (Å²) in [7, 11) is 0. The molecule has 1 heterocycles. The van der Waals surface area contributed by atoms with Crippen molar-refractivity contribution >= 4 is 33.0 Å². The molecule has 0 unspecified atom stereocenters. The van der Waals surface area contributed by atoms with Crippen LogP contribution in [0.5, 0.6) is 0 Å². The normalized spacial score (nSPS) is 10.3. The van der Waals surface area contributed by atoms with Gasteiger partial charge < -0.3 is 0 Å². The molecule has 2 rings (SSSR count). The van der Waals surface area contributed by atoms with Crippen molar-refractivity contribution in [1.29, 1.82) is 0 Å². The zero-order valence-electron chi connectivity index (χ0n) is 8.17. The number of halogens is 1. The highest BCUT2D eigenvalue weighted by Crippen LogP contribution is 2.14. The van der Waals surface area contributed by atoms with Crippen LogP contribution >= 0.6 is 27.3 Å². The Morgan fingerprint density at radius 1 is 1.38 bits per heavy atom. The van der Waals surface area contributed by atoms with Gasteiger partial charge in [-0.05, 0) is 12.1 Å². The van der Waals surface area contributed by atoms with E-state index < -0.39 is 4.92 Å². The first-order chi connectivity index (χ1) is 7.66. The van der Waals surface area contributed by atoms with E-state index in [0.29, 0.717) is 6.54 Å². The fourth-order valence-corrected chi connectivity index (χ4v) is 2.47. The maximum atomic E-state index is 10.5. The monoisotopic (exact) mass is 299 g/mol. The molecule has 0 radical (unpaired) electrons. The lowest BCUT2D eigenvalue weighted by atomic mass is 10.2. The third-order valence-corrected chi connectivity index (χ3v) is 3.84. The fourth-order valence-electron chi connectivity index (χ4n) is 1.32. The predicted octanol–water partition coefficient (Wildman–Crippen LogP) is 2.75. The number of rotatable bonds is 3. The van der Waals surface area contributed by atoms with Crippen LogP contribution in [0.2, 0.25) is 0 Å². The number of hydrogen-bond acceptors (Lipinski definition) is 3. The summed E-state index contributed by atoms with van der Waals surface area (Å²) in [5.41, 5.74) is 1.16. The molecule has 0 saturated carbocycles. The largest absolute Gasteiger partial charge is 0.305 e. The van der Waals surface area contributed by atoms with Gasteiger partial charge in [0.25, 0.3) is 5.69 Å². The molecule has 1 aromatic heterocycles. The van der Waals surface area contributed by atoms with Crippen LogP contribution in [0.1, 0.15) is 5.56 Å². The van der Waals surface area contributed by atoms with Gasteiger partial charge in [0.1, 0.15) is 0 Å². The van der Waals surface area contributed by atoms with Crippen molar-refractivity contribution in [1.82, 2.24) is 0 Å². The van der Waals surface area contributed by atoms with Crippen molar-refractivity contribution < 1.29 is 9.49 Å². The van der Waals surface area contributed by atoms with Crippen molar-refractivity contribution in [3.8, 4) is 0 Å². The van der Waals surface area contributed by atoms with Gasteiger partial charge in [-0.25, -0.2) is 0 Å². The Labute approximate surface area is 104 Å². The fraction of sp³-hybridized carbons (Fsp3) is 0.100. The molecule has 0 aliphatic carbocycles. The second-order valence-corrected chi connectivity index (χ2v) is 5.38. The number of benzene rings is 1. The minimum absolute atomic E-state index is 0.123. The number of nitro benzene ring substituents is 1. The van der Waals surface area contributed by atoms with Crippen LogP contribution in [-0.4, -0.2) is 4.92 Å². The van der Waals surface area contributed by atoms with E-state index in [0.717, 1.165) is 9.48 Å². The zero-order valence-corrected chi connectivity index (χ0v) is 10.6. The van der Waals surface area contributed by atoms with Crippen molar-refractivity contribution in [2.24, 2.45) is 0 Å². The molecule has 0 aliphatic rings. The van der Waals surface area contributed by atoms with E-state index in [2.05, 4.69) is 15.9 Å². The van der Waals surface area contributed by atoms with Crippen LogP contribution < -0.4 is 4.57 Å². The molecule has 16 heavy (non-hydrogen) atoms. The van der Waals surface area contributed by atoms with Gasteiger partial charge in [0, 0.05) is 33.6 Å². The summed E-state index contributed by atoms with van der Waals surface area (Å²) >= 11 is 5.04. The Kier molecular flexibility index (Phi) is 3.31. The number of non-ortho nitro benzene ring substituents is 1. The summed E-state index contributed by atoms with van der Waals surface area (Å²) in [6.45, 7) is 0.710. The summed E-state index contributed by atoms with van der Waals surface area (Å²) in [5.74, 6) is 0. The highest BCUT2D eigenvalue weighted by molar-refractivity contribution is 9.11. The van der Waals surface area contributed by atoms with Gasteiger partial charge in [-0.15, -0.1) is 0 Å². The molecule has 6 heteroatoms. The van der Waals surface area contributed by atoms with Gasteiger partial charge in [-0.3, -0.25) is 10.1 Å². The van der Waals surface area contributed by atoms with Crippen LogP contribution in [0.3, 0.4) is 0 Å². The van der Waals surface area contributed by atoms with E-state index >= 15 is 0 Å². The summed E-state index contributed by atoms with van der Waals surface area (Å²) in [6.07, 6.45) is 1.97. The zero-order chi connectivity index (χ0) is 11.5. The number of nitrogens with zero attached hydrogens (tertiary/aromatic N) is 2. The molecule has 4 nitrogen and oxygen atoms in total. The minimum atomic E-state index is -0.391. The minimum Gasteiger partial charge on any atom is -0.258 e. The SMILES string of the molecule is O=[N+]([O-])c1ccc(C[n+]2ccsc2Br)cc1. The lowest BCUT2D eigenvalue weighted by molar-refractivity contribution is -0.693. The smallest absolute Gasteiger partial charge is 0.258 e. The number of nitro groups is 1. The molecule has 0 aliphatic heterocycles. The van der Waals surface area contributed by atoms with E-state index in [1.165, 1.54) is 12.1 Å². The molecule has 0 amide bonds. The van der Waals surface area contributed by atoms with E-state index in [4.69, 9.17) is 0 Å². The third-order valence-electron chi connectivity index (χ3n) is 2.13. The Bertz CT molecular complexity index is 510. The van der Waals surface area contributed by atoms with Crippen LogP contribution in [0, 0.1) is 10.1 Å². The van der Waals surface area contributed by atoms with Crippen LogP contribution in [-0.2, 0) is 6.54 Å². The molecule has 0 N–H and O–H groups in total. The lowest BCUT2D eigenvalue weighted by Crippen LogP contribution is -2.32. The lowest BCUT2D eigenvalue weighted by Gasteiger charge is -1.96. The van der Waals surface area contributed by atoms with E-state index in [1.54, 1.807) is 23.5 Å². The molecule has 1 aromatic carbocycles. The quantitative estimate of drug-likeness (QED) is 0.497. The first kappa shape index (κ1) is 11.2. The van der Waals surface area contributed by atoms with Crippen LogP contribution in [0.15, 0.2) is 39.8 Å². The molecule has 0 fully saturated rings. The van der Waals surface area contributed by atoms with Crippen molar-refractivity contribution in [2.45, 2.75) is 6.54 Å². The van der Waals surface area contributed by atoms with Crippen LogP contribution in [0.4, 0.5) is 5.69 Å². The Hall–Kier alpha value is -1.27. The maximum absolute atomic E-state index is 10.5. The molecule has 0 bridgehead atoms. The predicted molar refractivity (Wildman–Crippen MR) is 64.4 cm³/mol. The molecule has 2 aromatic rings. The average Bonchev–Trinajstić information content (AvgIpc) is 2.65.